The van der Waals surface area contributed by atoms with Gasteiger partial charge >= 0.3 is 0 Å². The van der Waals surface area contributed by atoms with Crippen LogP contribution in [0.2, 0.25) is 0 Å². The summed E-state index contributed by atoms with van der Waals surface area (Å²) in [5.41, 5.74) is 0. The van der Waals surface area contributed by atoms with Crippen molar-refractivity contribution in [3.05, 3.63) is 24.3 Å². The third-order valence-electron chi connectivity index (χ3n) is 2.36. The van der Waals surface area contributed by atoms with E-state index in [0.717, 1.165) is 17.2 Å². The number of thioether (sulfide) groups is 1. The Hall–Kier alpha value is -0.750. The average Bonchev–Trinajstić information content (AvgIpc) is 2.42. The fourth-order valence-electron chi connectivity index (χ4n) is 1.37. The van der Waals surface area contributed by atoms with Gasteiger partial charge in [0.15, 0.2) is 0 Å². The van der Waals surface area contributed by atoms with Crippen LogP contribution in [0.3, 0.4) is 0 Å². The Morgan fingerprint density at radius 1 is 1.28 bits per heavy atom. The molecule has 1 rings (SSSR count). The summed E-state index contributed by atoms with van der Waals surface area (Å²) in [6, 6.07) is 7.83. The Kier molecular flexibility index (Phi) is 7.84. The molecule has 0 spiro atoms. The molecule has 102 valence electrons. The van der Waals surface area contributed by atoms with Gasteiger partial charge in [0.25, 0.3) is 0 Å². The zero-order chi connectivity index (χ0) is 13.2. The van der Waals surface area contributed by atoms with Gasteiger partial charge in [-0.25, -0.2) is 0 Å². The maximum atomic E-state index is 9.76. The Bertz CT molecular complexity index is 319. The van der Waals surface area contributed by atoms with Gasteiger partial charge in [-0.1, -0.05) is 0 Å². The van der Waals surface area contributed by atoms with Crippen LogP contribution in [0, 0.1) is 0 Å². The highest BCUT2D eigenvalue weighted by molar-refractivity contribution is 7.99. The van der Waals surface area contributed by atoms with Crippen molar-refractivity contribution >= 4 is 11.8 Å². The zero-order valence-electron chi connectivity index (χ0n) is 10.9. The van der Waals surface area contributed by atoms with E-state index in [0.29, 0.717) is 18.9 Å². The fourth-order valence-corrected chi connectivity index (χ4v) is 2.20. The van der Waals surface area contributed by atoms with E-state index in [2.05, 4.69) is 5.32 Å². The van der Waals surface area contributed by atoms with Crippen LogP contribution in [0.1, 0.15) is 0 Å². The summed E-state index contributed by atoms with van der Waals surface area (Å²) in [4.78, 5) is 1.13. The molecular weight excluding hydrogens is 250 g/mol. The maximum Gasteiger partial charge on any atom is 0.118 e. The molecule has 0 bridgehead atoms. The minimum absolute atomic E-state index is 0.353. The predicted octanol–water partition coefficient (Wildman–Crippen LogP) is 1.38. The lowest BCUT2D eigenvalue weighted by Gasteiger charge is -2.11. The molecule has 0 aliphatic heterocycles. The summed E-state index contributed by atoms with van der Waals surface area (Å²) in [6.07, 6.45) is -0.353. The normalized spacial score (nSPS) is 12.4. The highest BCUT2D eigenvalue weighted by atomic mass is 32.2. The summed E-state index contributed by atoms with van der Waals surface area (Å²) >= 11 is 1.63. The number of methoxy groups -OCH3 is 2. The van der Waals surface area contributed by atoms with Crippen LogP contribution in [-0.4, -0.2) is 50.9 Å². The molecule has 0 radical (unpaired) electrons. The van der Waals surface area contributed by atoms with Crippen molar-refractivity contribution in [2.24, 2.45) is 0 Å². The molecule has 2 N–H and O–H groups in total. The van der Waals surface area contributed by atoms with Gasteiger partial charge in [-0.2, -0.15) is 0 Å². The fraction of sp³-hybridized carbons (Fsp3) is 0.538. The number of aliphatic hydroxyl groups is 1. The van der Waals surface area contributed by atoms with Crippen molar-refractivity contribution in [2.45, 2.75) is 11.0 Å². The molecule has 0 amide bonds. The molecule has 1 aromatic carbocycles. The van der Waals surface area contributed by atoms with Gasteiger partial charge in [0.1, 0.15) is 5.75 Å². The second-order valence-corrected chi connectivity index (χ2v) is 4.93. The van der Waals surface area contributed by atoms with E-state index >= 15 is 0 Å². The van der Waals surface area contributed by atoms with Gasteiger partial charge in [0.2, 0.25) is 0 Å². The number of rotatable bonds is 9. The third kappa shape index (κ3) is 6.26. The molecule has 4 nitrogen and oxygen atoms in total. The Labute approximate surface area is 113 Å². The number of benzene rings is 1. The van der Waals surface area contributed by atoms with E-state index in [4.69, 9.17) is 9.47 Å². The van der Waals surface area contributed by atoms with Crippen molar-refractivity contribution in [2.75, 3.05) is 39.7 Å². The zero-order valence-corrected chi connectivity index (χ0v) is 11.7. The summed E-state index contributed by atoms with van der Waals surface area (Å²) in [5, 5.41) is 12.9. The van der Waals surface area contributed by atoms with E-state index in [1.54, 1.807) is 26.0 Å². The Balaban J connectivity index is 2.18. The standard InChI is InChI=1S/C13H21NO3S/c1-16-8-7-14-9-11(15)10-18-13-5-3-12(17-2)4-6-13/h3-6,11,14-15H,7-10H2,1-2H3. The van der Waals surface area contributed by atoms with Crippen LogP contribution in [0.5, 0.6) is 5.75 Å². The van der Waals surface area contributed by atoms with Crippen LogP contribution in [0.4, 0.5) is 0 Å². The summed E-state index contributed by atoms with van der Waals surface area (Å²) in [6.45, 7) is 2.02. The van der Waals surface area contributed by atoms with Gasteiger partial charge < -0.3 is 19.9 Å². The molecule has 0 aliphatic carbocycles. The summed E-state index contributed by atoms with van der Waals surface area (Å²) in [7, 11) is 3.31. The molecule has 1 aromatic rings. The lowest BCUT2D eigenvalue weighted by molar-refractivity contribution is 0.175. The van der Waals surface area contributed by atoms with Crippen molar-refractivity contribution in [3.63, 3.8) is 0 Å². The first-order valence-electron chi connectivity index (χ1n) is 5.91. The first kappa shape index (κ1) is 15.3. The monoisotopic (exact) mass is 271 g/mol. The van der Waals surface area contributed by atoms with Gasteiger partial charge in [-0.15, -0.1) is 11.8 Å². The van der Waals surface area contributed by atoms with Crippen molar-refractivity contribution < 1.29 is 14.6 Å². The second-order valence-electron chi connectivity index (χ2n) is 3.84. The molecule has 5 heteroatoms. The van der Waals surface area contributed by atoms with E-state index < -0.39 is 0 Å². The quantitative estimate of drug-likeness (QED) is 0.525. The molecule has 18 heavy (non-hydrogen) atoms. The lowest BCUT2D eigenvalue weighted by atomic mass is 10.3. The molecule has 1 unspecified atom stereocenters. The number of aliphatic hydroxyl groups excluding tert-OH is 1. The van der Waals surface area contributed by atoms with Crippen LogP contribution < -0.4 is 10.1 Å². The minimum Gasteiger partial charge on any atom is -0.497 e. The van der Waals surface area contributed by atoms with E-state index in [1.165, 1.54) is 0 Å². The SMILES string of the molecule is COCCNCC(O)CSc1ccc(OC)cc1. The highest BCUT2D eigenvalue weighted by Gasteiger charge is 2.04. The third-order valence-corrected chi connectivity index (χ3v) is 3.52. The molecule has 0 saturated carbocycles. The minimum atomic E-state index is -0.353. The Morgan fingerprint density at radius 2 is 2.00 bits per heavy atom. The maximum absolute atomic E-state index is 9.76. The first-order valence-corrected chi connectivity index (χ1v) is 6.89. The Morgan fingerprint density at radius 3 is 2.61 bits per heavy atom. The molecule has 0 heterocycles. The van der Waals surface area contributed by atoms with E-state index in [9.17, 15) is 5.11 Å². The lowest BCUT2D eigenvalue weighted by Crippen LogP contribution is -2.30. The predicted molar refractivity (Wildman–Crippen MR) is 74.5 cm³/mol. The topological polar surface area (TPSA) is 50.7 Å². The van der Waals surface area contributed by atoms with Crippen molar-refractivity contribution in [1.82, 2.24) is 5.32 Å². The largest absolute Gasteiger partial charge is 0.497 e. The van der Waals surface area contributed by atoms with Crippen LogP contribution >= 0.6 is 11.8 Å². The number of nitrogens with one attached hydrogen (secondary N) is 1. The summed E-state index contributed by atoms with van der Waals surface area (Å²) < 4.78 is 10.0. The van der Waals surface area contributed by atoms with Crippen LogP contribution in [0.15, 0.2) is 29.2 Å². The number of ether oxygens (including phenoxy) is 2. The molecule has 0 aromatic heterocycles. The van der Waals surface area contributed by atoms with Gasteiger partial charge in [-0.3, -0.25) is 0 Å². The van der Waals surface area contributed by atoms with Crippen LogP contribution in [0.25, 0.3) is 0 Å². The first-order chi connectivity index (χ1) is 8.76. The number of hydrogen-bond acceptors (Lipinski definition) is 5. The van der Waals surface area contributed by atoms with Gasteiger partial charge in [-0.05, 0) is 24.3 Å². The van der Waals surface area contributed by atoms with Crippen molar-refractivity contribution in [1.29, 1.82) is 0 Å². The highest BCUT2D eigenvalue weighted by Crippen LogP contribution is 2.21. The van der Waals surface area contributed by atoms with Gasteiger partial charge in [0.05, 0.1) is 19.8 Å². The number of hydrogen-bond donors (Lipinski definition) is 2. The second kappa shape index (κ2) is 9.22. The van der Waals surface area contributed by atoms with Gasteiger partial charge in [0, 0.05) is 30.8 Å². The van der Waals surface area contributed by atoms with Crippen molar-refractivity contribution in [3.8, 4) is 5.75 Å². The smallest absolute Gasteiger partial charge is 0.118 e. The van der Waals surface area contributed by atoms with E-state index in [-0.39, 0.29) is 6.10 Å². The molecule has 0 fully saturated rings. The molecular formula is C13H21NO3S. The summed E-state index contributed by atoms with van der Waals surface area (Å²) in [5.74, 6) is 1.52. The molecule has 0 aliphatic rings. The molecule has 0 saturated heterocycles. The average molecular weight is 271 g/mol. The molecule has 1 atom stereocenters. The van der Waals surface area contributed by atoms with E-state index in [1.807, 2.05) is 24.3 Å². The van der Waals surface area contributed by atoms with Crippen LogP contribution in [-0.2, 0) is 4.74 Å².